The van der Waals surface area contributed by atoms with Crippen molar-refractivity contribution < 1.29 is 0 Å². The molecule has 0 radical (unpaired) electrons. The maximum absolute atomic E-state index is 2.35. The summed E-state index contributed by atoms with van der Waals surface area (Å²) in [6.07, 6.45) is 3.87. The van der Waals surface area contributed by atoms with Crippen molar-refractivity contribution in [3.05, 3.63) is 121 Å². The molecule has 0 atom stereocenters. The Morgan fingerprint density at radius 2 is 0.967 bits per heavy atom. The zero-order valence-corrected chi connectivity index (χ0v) is 20.4. The first-order chi connectivity index (χ1) is 14.9. The Morgan fingerprint density at radius 1 is 0.500 bits per heavy atom. The summed E-state index contributed by atoms with van der Waals surface area (Å²) in [6, 6.07) is 42.3. The lowest BCUT2D eigenvalue weighted by Crippen LogP contribution is -2.29. The zero-order valence-electron chi connectivity index (χ0n) is 17.6. The average molecular weight is 423 g/mol. The summed E-state index contributed by atoms with van der Waals surface area (Å²) in [5.74, 6) is 0. The van der Waals surface area contributed by atoms with Crippen LogP contribution in [0.4, 0.5) is 0 Å². The Balaban J connectivity index is 1.36. The monoisotopic (exact) mass is 422 g/mol. The Labute approximate surface area is 185 Å². The summed E-state index contributed by atoms with van der Waals surface area (Å²) < 4.78 is 0. The molecule has 4 aromatic carbocycles. The van der Waals surface area contributed by atoms with Crippen molar-refractivity contribution >= 4 is 29.4 Å². The van der Waals surface area contributed by atoms with Crippen molar-refractivity contribution in [2.45, 2.75) is 24.4 Å². The summed E-state index contributed by atoms with van der Waals surface area (Å²) in [5.41, 5.74) is 4.08. The maximum Gasteiger partial charge on any atom is 0.0550 e. The molecule has 0 nitrogen and oxygen atoms in total. The normalized spacial score (nSPS) is 12.7. The van der Waals surface area contributed by atoms with Gasteiger partial charge in [0.2, 0.25) is 0 Å². The molecule has 4 aromatic rings. The number of hydrogen-bond acceptors (Lipinski definition) is 0. The van der Waals surface area contributed by atoms with E-state index in [1.807, 2.05) is 0 Å². The SMILES string of the molecule is c1ccc([SiH2]C(CCCc2ccc(-c3ccccc3)cc2)[SiH2]c2ccccc2)cc1. The van der Waals surface area contributed by atoms with Gasteiger partial charge in [-0.3, -0.25) is 0 Å². The molecule has 0 bridgehead atoms. The molecule has 30 heavy (non-hydrogen) atoms. The van der Waals surface area contributed by atoms with Gasteiger partial charge >= 0.3 is 0 Å². The molecule has 0 N–H and O–H groups in total. The van der Waals surface area contributed by atoms with Gasteiger partial charge in [0.1, 0.15) is 0 Å². The van der Waals surface area contributed by atoms with E-state index < -0.39 is 0 Å². The molecule has 0 heterocycles. The molecule has 150 valence electrons. The molecular formula is C28H30Si2. The molecule has 0 aliphatic heterocycles. The van der Waals surface area contributed by atoms with Crippen LogP contribution in [0.25, 0.3) is 11.1 Å². The van der Waals surface area contributed by atoms with Gasteiger partial charge in [0.25, 0.3) is 0 Å². The molecular weight excluding hydrogens is 392 g/mol. The fourth-order valence-corrected chi connectivity index (χ4v) is 10.2. The van der Waals surface area contributed by atoms with Crippen LogP contribution >= 0.6 is 0 Å². The molecule has 0 amide bonds. The van der Waals surface area contributed by atoms with Crippen LogP contribution in [0.3, 0.4) is 0 Å². The van der Waals surface area contributed by atoms with Crippen molar-refractivity contribution in [1.29, 1.82) is 0 Å². The van der Waals surface area contributed by atoms with Gasteiger partial charge in [0.05, 0.1) is 19.0 Å². The highest BCUT2D eigenvalue weighted by Crippen LogP contribution is 2.21. The first-order valence-electron chi connectivity index (χ1n) is 11.1. The summed E-state index contributed by atoms with van der Waals surface area (Å²) in [7, 11) is -0.442. The maximum atomic E-state index is 2.35. The largest absolute Gasteiger partial charge is 0.0669 e. The number of hydrogen-bond donors (Lipinski definition) is 0. The minimum atomic E-state index is -0.221. The third kappa shape index (κ3) is 6.15. The van der Waals surface area contributed by atoms with Crippen molar-refractivity contribution in [3.63, 3.8) is 0 Å². The van der Waals surface area contributed by atoms with Gasteiger partial charge in [-0.05, 0) is 29.5 Å². The van der Waals surface area contributed by atoms with Crippen LogP contribution in [-0.2, 0) is 6.42 Å². The molecule has 0 aliphatic rings. The van der Waals surface area contributed by atoms with Crippen LogP contribution in [0.1, 0.15) is 18.4 Å². The van der Waals surface area contributed by atoms with E-state index in [1.165, 1.54) is 36.0 Å². The molecule has 0 unspecified atom stereocenters. The second-order valence-corrected chi connectivity index (χ2v) is 14.1. The average Bonchev–Trinajstić information content (AvgIpc) is 2.81. The lowest BCUT2D eigenvalue weighted by atomic mass is 10.0. The van der Waals surface area contributed by atoms with E-state index in [-0.39, 0.29) is 19.0 Å². The Kier molecular flexibility index (Phi) is 7.48. The summed E-state index contributed by atoms with van der Waals surface area (Å²) in [4.78, 5) is 0. The van der Waals surface area contributed by atoms with Crippen LogP contribution < -0.4 is 10.4 Å². The van der Waals surface area contributed by atoms with E-state index in [0.29, 0.717) is 0 Å². The minimum Gasteiger partial charge on any atom is -0.0669 e. The minimum absolute atomic E-state index is 0.221. The van der Waals surface area contributed by atoms with Crippen LogP contribution in [0, 0.1) is 0 Å². The Hall–Kier alpha value is -2.69. The third-order valence-electron chi connectivity index (χ3n) is 5.87. The van der Waals surface area contributed by atoms with Crippen molar-refractivity contribution in [1.82, 2.24) is 0 Å². The van der Waals surface area contributed by atoms with E-state index in [9.17, 15) is 0 Å². The molecule has 2 heteroatoms. The van der Waals surface area contributed by atoms with Gasteiger partial charge in [-0.2, -0.15) is 0 Å². The molecule has 0 aliphatic carbocycles. The smallest absolute Gasteiger partial charge is 0.0550 e. The standard InChI is InChI=1S/C28H30Si2/c1-4-12-24(13-5-1)25-21-19-23(20-22-25)11-10-18-28(29-26-14-6-2-7-15-26)30-27-16-8-3-9-17-27/h1-9,12-17,19-22,28H,10-11,18,29-30H2. The van der Waals surface area contributed by atoms with Crippen LogP contribution in [0.5, 0.6) is 0 Å². The summed E-state index contributed by atoms with van der Waals surface area (Å²) in [6.45, 7) is 0. The Bertz CT molecular complexity index is 955. The van der Waals surface area contributed by atoms with E-state index in [1.54, 1.807) is 10.4 Å². The number of benzene rings is 4. The quantitative estimate of drug-likeness (QED) is 0.351. The van der Waals surface area contributed by atoms with Gasteiger partial charge in [0.15, 0.2) is 0 Å². The number of rotatable bonds is 9. The zero-order chi connectivity index (χ0) is 20.4. The van der Waals surface area contributed by atoms with Gasteiger partial charge in [-0.1, -0.05) is 137 Å². The summed E-state index contributed by atoms with van der Waals surface area (Å²) in [5, 5.41) is 4.20. The number of aryl methyl sites for hydroxylation is 1. The van der Waals surface area contributed by atoms with E-state index in [0.717, 1.165) is 5.16 Å². The van der Waals surface area contributed by atoms with Crippen LogP contribution in [-0.4, -0.2) is 19.0 Å². The Morgan fingerprint density at radius 3 is 1.50 bits per heavy atom. The van der Waals surface area contributed by atoms with E-state index in [4.69, 9.17) is 0 Å². The van der Waals surface area contributed by atoms with Crippen molar-refractivity contribution in [2.24, 2.45) is 0 Å². The highest BCUT2D eigenvalue weighted by molar-refractivity contribution is 6.73. The van der Waals surface area contributed by atoms with Gasteiger partial charge in [-0.15, -0.1) is 0 Å². The van der Waals surface area contributed by atoms with E-state index >= 15 is 0 Å². The van der Waals surface area contributed by atoms with Crippen molar-refractivity contribution in [3.8, 4) is 11.1 Å². The molecule has 0 aromatic heterocycles. The summed E-state index contributed by atoms with van der Waals surface area (Å²) >= 11 is 0. The van der Waals surface area contributed by atoms with Crippen molar-refractivity contribution in [2.75, 3.05) is 0 Å². The molecule has 4 rings (SSSR count). The van der Waals surface area contributed by atoms with Crippen LogP contribution in [0.2, 0.25) is 5.16 Å². The third-order valence-corrected chi connectivity index (χ3v) is 11.5. The first-order valence-corrected chi connectivity index (χ1v) is 14.1. The highest BCUT2D eigenvalue weighted by Gasteiger charge is 2.12. The molecule has 0 spiro atoms. The van der Waals surface area contributed by atoms with Gasteiger partial charge in [0, 0.05) is 0 Å². The lowest BCUT2D eigenvalue weighted by molar-refractivity contribution is 0.769. The predicted octanol–water partition coefficient (Wildman–Crippen LogP) is 4.41. The fraction of sp³-hybridized carbons (Fsp3) is 0.143. The topological polar surface area (TPSA) is 0 Å². The highest BCUT2D eigenvalue weighted by atomic mass is 28.3. The van der Waals surface area contributed by atoms with Gasteiger partial charge < -0.3 is 0 Å². The van der Waals surface area contributed by atoms with Crippen LogP contribution in [0.15, 0.2) is 115 Å². The molecule has 0 saturated heterocycles. The second kappa shape index (κ2) is 10.9. The predicted molar refractivity (Wildman–Crippen MR) is 138 cm³/mol. The fourth-order valence-electron chi connectivity index (χ4n) is 4.26. The molecule has 0 saturated carbocycles. The van der Waals surface area contributed by atoms with Gasteiger partial charge in [-0.25, -0.2) is 0 Å². The second-order valence-electron chi connectivity index (χ2n) is 8.20. The molecule has 0 fully saturated rings. The first kappa shape index (κ1) is 20.6. The lowest BCUT2D eigenvalue weighted by Gasteiger charge is -2.16. The van der Waals surface area contributed by atoms with E-state index in [2.05, 4.69) is 115 Å².